The molecule has 2 fully saturated rings. The Hall–Kier alpha value is -4.06. The summed E-state index contributed by atoms with van der Waals surface area (Å²) in [5.41, 5.74) is 1.35. The van der Waals surface area contributed by atoms with Crippen molar-refractivity contribution in [3.63, 3.8) is 0 Å². The first kappa shape index (κ1) is 28.1. The van der Waals surface area contributed by atoms with Crippen molar-refractivity contribution < 1.29 is 13.2 Å². The summed E-state index contributed by atoms with van der Waals surface area (Å²) < 4.78 is 32.2. The Kier molecular flexibility index (Phi) is 7.34. The Morgan fingerprint density at radius 2 is 1.86 bits per heavy atom. The van der Waals surface area contributed by atoms with Gasteiger partial charge in [0.15, 0.2) is 11.5 Å². The molecule has 3 atom stereocenters. The van der Waals surface area contributed by atoms with E-state index in [1.165, 1.54) is 27.9 Å². The fourth-order valence-electron chi connectivity index (χ4n) is 6.17. The molecule has 0 bridgehead atoms. The topological polar surface area (TPSA) is 140 Å². The predicted octanol–water partition coefficient (Wildman–Crippen LogP) is 3.44. The number of aromatic nitrogens is 4. The number of amides is 2. The van der Waals surface area contributed by atoms with Crippen LogP contribution in [0.25, 0.3) is 11.0 Å². The Morgan fingerprint density at radius 3 is 2.52 bits per heavy atom. The lowest BCUT2D eigenvalue weighted by atomic mass is 10.0. The molecule has 3 aromatic heterocycles. The number of urea groups is 1. The van der Waals surface area contributed by atoms with Crippen molar-refractivity contribution >= 4 is 49.4 Å². The van der Waals surface area contributed by atoms with E-state index in [0.717, 1.165) is 12.8 Å². The van der Waals surface area contributed by atoms with E-state index in [2.05, 4.69) is 30.6 Å². The van der Waals surface area contributed by atoms with Gasteiger partial charge in [-0.2, -0.15) is 9.64 Å². The molecular weight excluding hydrogens is 575 g/mol. The van der Waals surface area contributed by atoms with E-state index >= 15 is 0 Å². The predicted molar refractivity (Wildman–Crippen MR) is 160 cm³/mol. The Balaban J connectivity index is 1.18. The number of likely N-dealkylation sites (tertiary alicyclic amines) is 1. The third kappa shape index (κ3) is 5.08. The monoisotopic (exact) mass is 605 g/mol. The molecule has 1 aromatic carbocycles. The van der Waals surface area contributed by atoms with Gasteiger partial charge in [0.2, 0.25) is 5.13 Å². The highest BCUT2D eigenvalue weighted by Gasteiger charge is 2.44. The van der Waals surface area contributed by atoms with Gasteiger partial charge < -0.3 is 14.7 Å². The first-order valence-corrected chi connectivity index (χ1v) is 15.8. The molecule has 1 N–H and O–H groups in total. The van der Waals surface area contributed by atoms with Crippen molar-refractivity contribution in [3.8, 4) is 6.07 Å². The zero-order valence-corrected chi connectivity index (χ0v) is 25.1. The van der Waals surface area contributed by atoms with Crippen LogP contribution in [-0.2, 0) is 16.6 Å². The molecule has 1 saturated carbocycles. The van der Waals surface area contributed by atoms with Crippen molar-refractivity contribution in [1.82, 2.24) is 28.1 Å². The average molecular weight is 606 g/mol. The van der Waals surface area contributed by atoms with Crippen molar-refractivity contribution in [2.24, 2.45) is 11.8 Å². The largest absolute Gasteiger partial charge is 0.370 e. The van der Waals surface area contributed by atoms with Crippen LogP contribution in [-0.4, -0.2) is 82.8 Å². The zero-order chi connectivity index (χ0) is 29.6. The minimum atomic E-state index is -3.86. The molecular formula is C28H31N9O3S2. The molecule has 2 amide bonds. The average Bonchev–Trinajstić information content (AvgIpc) is 3.75. The van der Waals surface area contributed by atoms with Gasteiger partial charge in [0.25, 0.3) is 10.0 Å². The SMILES string of the molecule is CN(C)Cc1nsc(NC(=O)N2C[C@H]3CC(N(C)c4c(C#N)cnc5c4ccn5S(=O)(=O)c4ccccc4)C[C@H]3C2)n1. The number of carbonyl (C=O) groups is 1. The van der Waals surface area contributed by atoms with Gasteiger partial charge >= 0.3 is 6.03 Å². The maximum absolute atomic E-state index is 13.4. The highest BCUT2D eigenvalue weighted by molar-refractivity contribution is 7.90. The Labute approximate surface area is 248 Å². The minimum Gasteiger partial charge on any atom is -0.370 e. The van der Waals surface area contributed by atoms with Crippen LogP contribution < -0.4 is 10.2 Å². The number of carbonyl (C=O) groups excluding carboxylic acids is 1. The first-order valence-electron chi connectivity index (χ1n) is 13.6. The number of hydrogen-bond donors (Lipinski definition) is 1. The van der Waals surface area contributed by atoms with Crippen molar-refractivity contribution in [2.45, 2.75) is 30.3 Å². The Morgan fingerprint density at radius 1 is 1.14 bits per heavy atom. The Bertz CT molecular complexity index is 1760. The molecule has 0 spiro atoms. The number of fused-ring (bicyclic) bond motifs is 2. The molecule has 4 aromatic rings. The summed E-state index contributed by atoms with van der Waals surface area (Å²) in [6, 6.07) is 12.2. The summed E-state index contributed by atoms with van der Waals surface area (Å²) >= 11 is 1.18. The van der Waals surface area contributed by atoms with E-state index in [9.17, 15) is 18.5 Å². The van der Waals surface area contributed by atoms with E-state index in [4.69, 9.17) is 0 Å². The molecule has 12 nitrogen and oxygen atoms in total. The molecule has 0 radical (unpaired) electrons. The lowest BCUT2D eigenvalue weighted by Crippen LogP contribution is -2.36. The number of nitrogens with zero attached hydrogens (tertiary/aromatic N) is 8. The fraction of sp³-hybridized carbons (Fsp3) is 0.393. The highest BCUT2D eigenvalue weighted by Crippen LogP contribution is 2.43. The van der Waals surface area contributed by atoms with Crippen LogP contribution in [0.15, 0.2) is 53.7 Å². The zero-order valence-electron chi connectivity index (χ0n) is 23.5. The summed E-state index contributed by atoms with van der Waals surface area (Å²) in [5.74, 6) is 1.33. The maximum Gasteiger partial charge on any atom is 0.323 e. The van der Waals surface area contributed by atoms with E-state index in [-0.39, 0.29) is 22.6 Å². The number of anilines is 2. The number of hydrogen-bond acceptors (Lipinski definition) is 10. The molecule has 1 aliphatic heterocycles. The fourth-order valence-corrected chi connectivity index (χ4v) is 8.06. The number of rotatable bonds is 7. The van der Waals surface area contributed by atoms with Crippen molar-refractivity contribution in [1.29, 1.82) is 5.26 Å². The van der Waals surface area contributed by atoms with Crippen LogP contribution in [0.5, 0.6) is 0 Å². The van der Waals surface area contributed by atoms with Gasteiger partial charge in [-0.25, -0.2) is 27.2 Å². The molecule has 1 aliphatic carbocycles. The maximum atomic E-state index is 13.4. The van der Waals surface area contributed by atoms with Crippen molar-refractivity contribution in [2.75, 3.05) is 44.4 Å². The normalized spacial score (nSPS) is 20.2. The van der Waals surface area contributed by atoms with Crippen LogP contribution in [0.2, 0.25) is 0 Å². The first-order chi connectivity index (χ1) is 20.2. The van der Waals surface area contributed by atoms with Crippen LogP contribution in [0.3, 0.4) is 0 Å². The van der Waals surface area contributed by atoms with Crippen LogP contribution >= 0.6 is 11.5 Å². The quantitative estimate of drug-likeness (QED) is 0.335. The molecule has 2 aliphatic rings. The summed E-state index contributed by atoms with van der Waals surface area (Å²) in [6.45, 7) is 1.90. The van der Waals surface area contributed by atoms with Gasteiger partial charge in [-0.3, -0.25) is 5.32 Å². The number of nitrogens with one attached hydrogen (secondary N) is 1. The van der Waals surface area contributed by atoms with Crippen LogP contribution in [0.1, 0.15) is 24.2 Å². The highest BCUT2D eigenvalue weighted by atomic mass is 32.2. The van der Waals surface area contributed by atoms with Gasteiger partial charge in [0, 0.05) is 55.5 Å². The molecule has 14 heteroatoms. The van der Waals surface area contributed by atoms with Gasteiger partial charge in [-0.1, -0.05) is 18.2 Å². The lowest BCUT2D eigenvalue weighted by Gasteiger charge is -2.29. The number of pyridine rings is 1. The molecule has 1 unspecified atom stereocenters. The third-order valence-corrected chi connectivity index (χ3v) is 10.5. The molecule has 42 heavy (non-hydrogen) atoms. The summed E-state index contributed by atoms with van der Waals surface area (Å²) in [5, 5.41) is 13.9. The lowest BCUT2D eigenvalue weighted by molar-refractivity contribution is 0.218. The van der Waals surface area contributed by atoms with Gasteiger partial charge in [-0.05, 0) is 57.0 Å². The number of nitriles is 1. The standard InChI is InChI=1S/C28H31N9O3S2/c1-34(2)17-24-31-27(41-33-24)32-28(38)36-15-18-11-21(12-19(18)16-36)35(3)25-20(13-29)14-30-26-23(25)9-10-37(26)42(39,40)22-7-5-4-6-8-22/h4-10,14,18-19,21H,11-12,15-17H2,1-3H3,(H,31,32,33,38)/t18-,19+,21?. The van der Waals surface area contributed by atoms with E-state index in [1.54, 1.807) is 36.4 Å². The van der Waals surface area contributed by atoms with Gasteiger partial charge in [-0.15, -0.1) is 0 Å². The molecule has 1 saturated heterocycles. The van der Waals surface area contributed by atoms with Gasteiger partial charge in [0.05, 0.1) is 22.7 Å². The van der Waals surface area contributed by atoms with Crippen LogP contribution in [0.4, 0.5) is 15.6 Å². The number of benzene rings is 1. The molecule has 218 valence electrons. The molecule has 4 heterocycles. The smallest absolute Gasteiger partial charge is 0.323 e. The second kappa shape index (κ2) is 11.0. The third-order valence-electron chi connectivity index (χ3n) is 8.13. The second-order valence-corrected chi connectivity index (χ2v) is 13.7. The summed E-state index contributed by atoms with van der Waals surface area (Å²) in [6.07, 6.45) is 4.66. The summed E-state index contributed by atoms with van der Waals surface area (Å²) in [4.78, 5) is 27.8. The molecule has 6 rings (SSSR count). The van der Waals surface area contributed by atoms with Crippen LogP contribution in [0, 0.1) is 23.2 Å². The minimum absolute atomic E-state index is 0.133. The van der Waals surface area contributed by atoms with Crippen molar-refractivity contribution in [3.05, 3.63) is 60.2 Å². The van der Waals surface area contributed by atoms with Gasteiger partial charge in [0.1, 0.15) is 6.07 Å². The van der Waals surface area contributed by atoms with E-state index < -0.39 is 10.0 Å². The second-order valence-electron chi connectivity index (χ2n) is 11.1. The summed E-state index contributed by atoms with van der Waals surface area (Å²) in [7, 11) is 1.98. The van der Waals surface area contributed by atoms with E-state index in [0.29, 0.717) is 59.1 Å². The van der Waals surface area contributed by atoms with E-state index in [1.807, 2.05) is 30.9 Å².